The van der Waals surface area contributed by atoms with E-state index in [0.717, 1.165) is 11.6 Å². The van der Waals surface area contributed by atoms with Crippen LogP contribution in [0.5, 0.6) is 0 Å². The lowest BCUT2D eigenvalue weighted by Gasteiger charge is -2.18. The second-order valence-electron chi connectivity index (χ2n) is 6.88. The third kappa shape index (κ3) is 4.06. The van der Waals surface area contributed by atoms with Crippen LogP contribution in [0.1, 0.15) is 28.9 Å². The molecule has 0 aliphatic rings. The zero-order valence-electron chi connectivity index (χ0n) is 16.5. The van der Waals surface area contributed by atoms with Crippen molar-refractivity contribution < 1.29 is 18.3 Å². The van der Waals surface area contributed by atoms with Gasteiger partial charge in [0.2, 0.25) is 0 Å². The molecule has 0 amide bonds. The summed E-state index contributed by atoms with van der Waals surface area (Å²) in [6.45, 7) is 1.81. The molecule has 4 rings (SSSR count). The van der Waals surface area contributed by atoms with Gasteiger partial charge >= 0.3 is 5.97 Å². The van der Waals surface area contributed by atoms with Crippen LogP contribution in [-0.2, 0) is 4.74 Å². The number of fused-ring (bicyclic) bond motifs is 1. The number of aromatic nitrogens is 3. The van der Waals surface area contributed by atoms with E-state index in [0.29, 0.717) is 21.6 Å². The van der Waals surface area contributed by atoms with Crippen LogP contribution in [0.4, 0.5) is 14.6 Å². The monoisotopic (exact) mass is 442 g/mol. The molecule has 0 saturated carbocycles. The molecule has 0 aliphatic carbocycles. The molecule has 3 aromatic heterocycles. The summed E-state index contributed by atoms with van der Waals surface area (Å²) in [6.07, 6.45) is 3.05. The van der Waals surface area contributed by atoms with Crippen LogP contribution >= 0.6 is 11.6 Å². The Kier molecular flexibility index (Phi) is 5.56. The molecule has 0 spiro atoms. The standard InChI is InChI=1S/C22H17ClF2N4O2/c1-11(12-3-5-14(24)6-4-12)28-21-16(22(30)31-2)8-18(25)19(29-21)17-10-27-20-15(17)7-13(23)9-26-20/h3-11H,1-2H3,(H,26,27)(H,28,29)/t11-/m0/s1. The number of carbonyl (C=O) groups is 1. The largest absolute Gasteiger partial charge is 0.465 e. The first kappa shape index (κ1) is 20.7. The Morgan fingerprint density at radius 2 is 1.97 bits per heavy atom. The molecule has 6 nitrogen and oxygen atoms in total. The van der Waals surface area contributed by atoms with Crippen LogP contribution < -0.4 is 5.32 Å². The number of H-pyrrole nitrogens is 1. The molecule has 31 heavy (non-hydrogen) atoms. The number of benzene rings is 1. The van der Waals surface area contributed by atoms with Crippen molar-refractivity contribution >= 4 is 34.4 Å². The molecule has 0 unspecified atom stereocenters. The van der Waals surface area contributed by atoms with Crippen molar-refractivity contribution in [3.63, 3.8) is 0 Å². The highest BCUT2D eigenvalue weighted by Crippen LogP contribution is 2.33. The van der Waals surface area contributed by atoms with Crippen molar-refractivity contribution in [2.75, 3.05) is 12.4 Å². The maximum atomic E-state index is 15.0. The number of pyridine rings is 2. The van der Waals surface area contributed by atoms with Gasteiger partial charge in [0, 0.05) is 29.4 Å². The van der Waals surface area contributed by atoms with E-state index in [1.807, 2.05) is 6.92 Å². The lowest BCUT2D eigenvalue weighted by Crippen LogP contribution is -2.14. The van der Waals surface area contributed by atoms with Crippen LogP contribution in [0.15, 0.2) is 48.8 Å². The fraction of sp³-hybridized carbons (Fsp3) is 0.136. The summed E-state index contributed by atoms with van der Waals surface area (Å²) in [5.74, 6) is -1.68. The highest BCUT2D eigenvalue weighted by molar-refractivity contribution is 6.31. The van der Waals surface area contributed by atoms with Gasteiger partial charge in [0.25, 0.3) is 0 Å². The van der Waals surface area contributed by atoms with Gasteiger partial charge in [-0.25, -0.2) is 23.5 Å². The molecule has 2 N–H and O–H groups in total. The average Bonchev–Trinajstić information content (AvgIpc) is 3.17. The second-order valence-corrected chi connectivity index (χ2v) is 7.31. The second kappa shape index (κ2) is 8.31. The van der Waals surface area contributed by atoms with E-state index in [2.05, 4.69) is 20.3 Å². The zero-order valence-corrected chi connectivity index (χ0v) is 17.3. The van der Waals surface area contributed by atoms with Crippen LogP contribution in [0.2, 0.25) is 5.02 Å². The summed E-state index contributed by atoms with van der Waals surface area (Å²) in [6, 6.07) is 8.27. The third-order valence-corrected chi connectivity index (χ3v) is 5.06. The van der Waals surface area contributed by atoms with Gasteiger partial charge in [-0.3, -0.25) is 0 Å². The number of halogens is 3. The first-order valence-corrected chi connectivity index (χ1v) is 9.69. The third-order valence-electron chi connectivity index (χ3n) is 4.86. The summed E-state index contributed by atoms with van der Waals surface area (Å²) in [5.41, 5.74) is 1.67. The summed E-state index contributed by atoms with van der Waals surface area (Å²) >= 11 is 6.05. The van der Waals surface area contributed by atoms with E-state index in [4.69, 9.17) is 16.3 Å². The van der Waals surface area contributed by atoms with Gasteiger partial charge in [0.1, 0.15) is 28.5 Å². The van der Waals surface area contributed by atoms with Crippen LogP contribution in [0.25, 0.3) is 22.3 Å². The van der Waals surface area contributed by atoms with Crippen molar-refractivity contribution in [2.24, 2.45) is 0 Å². The molecular formula is C22H17ClF2N4O2. The van der Waals surface area contributed by atoms with Gasteiger partial charge in [-0.1, -0.05) is 23.7 Å². The van der Waals surface area contributed by atoms with Gasteiger partial charge in [-0.15, -0.1) is 0 Å². The molecule has 1 atom stereocenters. The topological polar surface area (TPSA) is 79.9 Å². The quantitative estimate of drug-likeness (QED) is 0.398. The maximum absolute atomic E-state index is 15.0. The van der Waals surface area contributed by atoms with Crippen molar-refractivity contribution in [2.45, 2.75) is 13.0 Å². The number of hydrogen-bond donors (Lipinski definition) is 2. The fourth-order valence-corrected chi connectivity index (χ4v) is 3.42. The molecule has 0 saturated heterocycles. The summed E-state index contributed by atoms with van der Waals surface area (Å²) in [5, 5.41) is 4.07. The number of rotatable bonds is 5. The van der Waals surface area contributed by atoms with Gasteiger partial charge in [-0.2, -0.15) is 0 Å². The normalized spacial score (nSPS) is 12.0. The molecule has 3 heterocycles. The molecule has 1 aromatic carbocycles. The Hall–Kier alpha value is -3.52. The molecule has 0 aliphatic heterocycles. The molecule has 0 bridgehead atoms. The highest BCUT2D eigenvalue weighted by atomic mass is 35.5. The van der Waals surface area contributed by atoms with E-state index < -0.39 is 11.8 Å². The molecule has 158 valence electrons. The van der Waals surface area contributed by atoms with Crippen LogP contribution in [-0.4, -0.2) is 28.0 Å². The van der Waals surface area contributed by atoms with Crippen molar-refractivity contribution in [3.8, 4) is 11.3 Å². The number of nitrogens with one attached hydrogen (secondary N) is 2. The predicted molar refractivity (Wildman–Crippen MR) is 114 cm³/mol. The molecule has 9 heteroatoms. The predicted octanol–water partition coefficient (Wildman–Crippen LogP) is 5.52. The minimum absolute atomic E-state index is 0.0109. The molecule has 0 radical (unpaired) electrons. The smallest absolute Gasteiger partial charge is 0.341 e. The number of carbonyl (C=O) groups excluding carboxylic acids is 1. The first-order valence-electron chi connectivity index (χ1n) is 9.31. The number of aromatic amines is 1. The van der Waals surface area contributed by atoms with Gasteiger partial charge < -0.3 is 15.0 Å². The van der Waals surface area contributed by atoms with Crippen molar-refractivity contribution in [1.82, 2.24) is 15.0 Å². The Balaban J connectivity index is 1.81. The van der Waals surface area contributed by atoms with E-state index in [9.17, 15) is 9.18 Å². The average molecular weight is 443 g/mol. The summed E-state index contributed by atoms with van der Waals surface area (Å²) in [7, 11) is 1.20. The zero-order chi connectivity index (χ0) is 22.1. The Morgan fingerprint density at radius 3 is 2.68 bits per heavy atom. The van der Waals surface area contributed by atoms with Gasteiger partial charge in [0.05, 0.1) is 12.1 Å². The number of hydrogen-bond acceptors (Lipinski definition) is 5. The molecular weight excluding hydrogens is 426 g/mol. The minimum atomic E-state index is -0.740. The van der Waals surface area contributed by atoms with Crippen LogP contribution in [0.3, 0.4) is 0 Å². The summed E-state index contributed by atoms with van der Waals surface area (Å²) in [4.78, 5) is 23.8. The molecule has 0 fully saturated rings. The number of methoxy groups -OCH3 is 1. The maximum Gasteiger partial charge on any atom is 0.341 e. The Morgan fingerprint density at radius 1 is 1.23 bits per heavy atom. The molecule has 4 aromatic rings. The number of ether oxygens (including phenoxy) is 1. The van der Waals surface area contributed by atoms with Gasteiger partial charge in [-0.05, 0) is 36.8 Å². The van der Waals surface area contributed by atoms with Crippen molar-refractivity contribution in [1.29, 1.82) is 0 Å². The van der Waals surface area contributed by atoms with E-state index >= 15 is 4.39 Å². The fourth-order valence-electron chi connectivity index (χ4n) is 3.27. The van der Waals surface area contributed by atoms with Crippen LogP contribution in [0, 0.1) is 11.6 Å². The first-order chi connectivity index (χ1) is 14.9. The lowest BCUT2D eigenvalue weighted by molar-refractivity contribution is 0.0601. The number of nitrogens with zero attached hydrogens (tertiary/aromatic N) is 2. The lowest BCUT2D eigenvalue weighted by atomic mass is 10.1. The number of esters is 1. The van der Waals surface area contributed by atoms with E-state index in [1.165, 1.54) is 25.4 Å². The van der Waals surface area contributed by atoms with E-state index in [1.54, 1.807) is 24.4 Å². The summed E-state index contributed by atoms with van der Waals surface area (Å²) < 4.78 is 33.0. The number of anilines is 1. The minimum Gasteiger partial charge on any atom is -0.465 e. The van der Waals surface area contributed by atoms with E-state index in [-0.39, 0.29) is 28.9 Å². The van der Waals surface area contributed by atoms with Crippen molar-refractivity contribution in [3.05, 3.63) is 76.6 Å². The SMILES string of the molecule is COC(=O)c1cc(F)c(-c2c[nH]c3ncc(Cl)cc23)nc1N[C@@H](C)c1ccc(F)cc1. The Labute approximate surface area is 181 Å². The van der Waals surface area contributed by atoms with Gasteiger partial charge in [0.15, 0.2) is 5.82 Å². The highest BCUT2D eigenvalue weighted by Gasteiger charge is 2.22. The Bertz CT molecular complexity index is 1270.